The molecular formula is C14H24N4O8S. The molecule has 0 aromatic heterocycles. The van der Waals surface area contributed by atoms with E-state index in [1.807, 2.05) is 0 Å². The van der Waals surface area contributed by atoms with Crippen molar-refractivity contribution in [3.63, 3.8) is 0 Å². The predicted octanol–water partition coefficient (Wildman–Crippen LogP) is -3.34. The SMILES string of the molecule is CC(NC(=O)C(CS)NC(=O)C(CCC(=O)O)NC(=O)C(N)CO)C(=O)O. The van der Waals surface area contributed by atoms with Gasteiger partial charge in [0.1, 0.15) is 24.2 Å². The van der Waals surface area contributed by atoms with Crippen LogP contribution in [0.5, 0.6) is 0 Å². The van der Waals surface area contributed by atoms with Crippen molar-refractivity contribution >= 4 is 42.3 Å². The van der Waals surface area contributed by atoms with Crippen molar-refractivity contribution in [2.24, 2.45) is 5.73 Å². The fourth-order valence-electron chi connectivity index (χ4n) is 1.74. The highest BCUT2D eigenvalue weighted by molar-refractivity contribution is 7.80. The molecule has 0 aliphatic carbocycles. The molecule has 0 saturated heterocycles. The van der Waals surface area contributed by atoms with Crippen LogP contribution in [0.1, 0.15) is 19.8 Å². The first-order chi connectivity index (χ1) is 12.5. The van der Waals surface area contributed by atoms with E-state index in [4.69, 9.17) is 21.1 Å². The second kappa shape index (κ2) is 12.1. The molecule has 0 spiro atoms. The molecule has 0 radical (unpaired) electrons. The highest BCUT2D eigenvalue weighted by Crippen LogP contribution is 2.01. The number of nitrogens with two attached hydrogens (primary N) is 1. The molecule has 3 amide bonds. The van der Waals surface area contributed by atoms with Gasteiger partial charge in [-0.3, -0.25) is 24.0 Å². The summed E-state index contributed by atoms with van der Waals surface area (Å²) in [6, 6.07) is -5.08. The molecule has 154 valence electrons. The normalized spacial score (nSPS) is 15.0. The Hall–Kier alpha value is -2.38. The van der Waals surface area contributed by atoms with Gasteiger partial charge in [0, 0.05) is 12.2 Å². The van der Waals surface area contributed by atoms with Gasteiger partial charge in [-0.05, 0) is 13.3 Å². The first-order valence-electron chi connectivity index (χ1n) is 7.86. The van der Waals surface area contributed by atoms with E-state index in [0.717, 1.165) is 0 Å². The molecule has 8 N–H and O–H groups in total. The van der Waals surface area contributed by atoms with E-state index in [2.05, 4.69) is 28.6 Å². The molecule has 0 aromatic rings. The highest BCUT2D eigenvalue weighted by Gasteiger charge is 2.28. The minimum absolute atomic E-state index is 0.181. The fraction of sp³-hybridized carbons (Fsp3) is 0.643. The Morgan fingerprint density at radius 3 is 1.93 bits per heavy atom. The van der Waals surface area contributed by atoms with Crippen molar-refractivity contribution in [3.05, 3.63) is 0 Å². The molecule has 0 fully saturated rings. The standard InChI is InChI=1S/C14H24N4O8S/c1-6(14(25)26)16-13(24)9(5-27)18-12(23)8(2-3-10(20)21)17-11(22)7(15)4-19/h6-9,19,27H,2-5,15H2,1H3,(H,16,24)(H,17,22)(H,18,23)(H,20,21)(H,25,26). The maximum atomic E-state index is 12.3. The number of carboxylic acid groups (broad SMARTS) is 2. The lowest BCUT2D eigenvalue weighted by molar-refractivity contribution is -0.141. The number of aliphatic carboxylic acids is 2. The summed E-state index contributed by atoms with van der Waals surface area (Å²) in [4.78, 5) is 57.6. The molecule has 0 aromatic carbocycles. The Morgan fingerprint density at radius 2 is 1.48 bits per heavy atom. The minimum Gasteiger partial charge on any atom is -0.481 e. The first kappa shape index (κ1) is 24.6. The van der Waals surface area contributed by atoms with E-state index in [-0.39, 0.29) is 12.2 Å². The van der Waals surface area contributed by atoms with Crippen LogP contribution < -0.4 is 21.7 Å². The van der Waals surface area contributed by atoms with Crippen LogP contribution >= 0.6 is 12.6 Å². The number of carbonyl (C=O) groups is 5. The molecule has 0 aliphatic rings. The molecule has 0 bridgehead atoms. The summed E-state index contributed by atoms with van der Waals surface area (Å²) in [6.07, 6.45) is -0.752. The van der Waals surface area contributed by atoms with Crippen LogP contribution in [-0.4, -0.2) is 81.5 Å². The molecule has 0 aliphatic heterocycles. The Balaban J connectivity index is 5.10. The van der Waals surface area contributed by atoms with Crippen molar-refractivity contribution in [1.82, 2.24) is 16.0 Å². The molecule has 4 atom stereocenters. The molecule has 0 rings (SSSR count). The molecule has 13 heteroatoms. The average Bonchev–Trinajstić information content (AvgIpc) is 2.61. The number of carbonyl (C=O) groups excluding carboxylic acids is 3. The summed E-state index contributed by atoms with van der Waals surface area (Å²) in [6.45, 7) is 0.539. The van der Waals surface area contributed by atoms with Gasteiger partial charge in [-0.1, -0.05) is 0 Å². The van der Waals surface area contributed by atoms with Crippen molar-refractivity contribution in [3.8, 4) is 0 Å². The Bertz CT molecular complexity index is 573. The highest BCUT2D eigenvalue weighted by atomic mass is 32.1. The Labute approximate surface area is 160 Å². The lowest BCUT2D eigenvalue weighted by atomic mass is 10.1. The maximum absolute atomic E-state index is 12.3. The largest absolute Gasteiger partial charge is 0.481 e. The zero-order chi connectivity index (χ0) is 21.1. The molecule has 12 nitrogen and oxygen atoms in total. The Morgan fingerprint density at radius 1 is 0.963 bits per heavy atom. The van der Waals surface area contributed by atoms with Gasteiger partial charge in [0.15, 0.2) is 0 Å². The van der Waals surface area contributed by atoms with E-state index < -0.39 is 66.9 Å². The van der Waals surface area contributed by atoms with Crippen LogP contribution in [0.2, 0.25) is 0 Å². The third-order valence-electron chi connectivity index (χ3n) is 3.36. The van der Waals surface area contributed by atoms with Crippen LogP contribution in [0.4, 0.5) is 0 Å². The second-order valence-electron chi connectivity index (χ2n) is 5.59. The van der Waals surface area contributed by atoms with E-state index in [1.54, 1.807) is 0 Å². The lowest BCUT2D eigenvalue weighted by Crippen LogP contribution is -2.57. The van der Waals surface area contributed by atoms with Gasteiger partial charge in [-0.2, -0.15) is 12.6 Å². The van der Waals surface area contributed by atoms with E-state index in [0.29, 0.717) is 0 Å². The smallest absolute Gasteiger partial charge is 0.325 e. The summed E-state index contributed by atoms with van der Waals surface area (Å²) in [5.41, 5.74) is 5.34. The molecule has 0 saturated carbocycles. The van der Waals surface area contributed by atoms with Crippen LogP contribution in [-0.2, 0) is 24.0 Å². The van der Waals surface area contributed by atoms with Gasteiger partial charge in [0.05, 0.1) is 6.61 Å². The fourth-order valence-corrected chi connectivity index (χ4v) is 2.00. The summed E-state index contributed by atoms with van der Waals surface area (Å²) in [5, 5.41) is 33.0. The van der Waals surface area contributed by atoms with Crippen molar-refractivity contribution in [1.29, 1.82) is 0 Å². The number of hydrogen-bond donors (Lipinski definition) is 8. The monoisotopic (exact) mass is 408 g/mol. The van der Waals surface area contributed by atoms with Gasteiger partial charge in [-0.15, -0.1) is 0 Å². The van der Waals surface area contributed by atoms with Crippen LogP contribution in [0.25, 0.3) is 0 Å². The van der Waals surface area contributed by atoms with Gasteiger partial charge >= 0.3 is 11.9 Å². The summed E-state index contributed by atoms with van der Waals surface area (Å²) in [5.74, 6) is -5.26. The Kier molecular flexibility index (Phi) is 11.0. The average molecular weight is 408 g/mol. The lowest BCUT2D eigenvalue weighted by Gasteiger charge is -2.23. The van der Waals surface area contributed by atoms with Crippen molar-refractivity contribution in [2.45, 2.75) is 43.9 Å². The summed E-state index contributed by atoms with van der Waals surface area (Å²) in [7, 11) is 0. The number of thiol groups is 1. The predicted molar refractivity (Wildman–Crippen MR) is 94.9 cm³/mol. The third kappa shape index (κ3) is 9.21. The third-order valence-corrected chi connectivity index (χ3v) is 3.72. The van der Waals surface area contributed by atoms with Crippen molar-refractivity contribution in [2.75, 3.05) is 12.4 Å². The minimum atomic E-state index is -1.33. The van der Waals surface area contributed by atoms with Crippen LogP contribution in [0.3, 0.4) is 0 Å². The molecular weight excluding hydrogens is 384 g/mol. The number of carboxylic acids is 2. The second-order valence-corrected chi connectivity index (χ2v) is 5.96. The first-order valence-corrected chi connectivity index (χ1v) is 8.49. The van der Waals surface area contributed by atoms with Crippen LogP contribution in [0.15, 0.2) is 0 Å². The number of aliphatic hydroxyl groups is 1. The number of amides is 3. The topological polar surface area (TPSA) is 208 Å². The van der Waals surface area contributed by atoms with E-state index in [1.165, 1.54) is 6.92 Å². The van der Waals surface area contributed by atoms with E-state index in [9.17, 15) is 24.0 Å². The number of nitrogens with one attached hydrogen (secondary N) is 3. The number of hydrogen-bond acceptors (Lipinski definition) is 8. The van der Waals surface area contributed by atoms with Gasteiger partial charge < -0.3 is 37.0 Å². The van der Waals surface area contributed by atoms with E-state index >= 15 is 0 Å². The molecule has 27 heavy (non-hydrogen) atoms. The molecule has 0 heterocycles. The van der Waals surface area contributed by atoms with Gasteiger partial charge in [0.25, 0.3) is 0 Å². The van der Waals surface area contributed by atoms with Gasteiger partial charge in [0.2, 0.25) is 17.7 Å². The van der Waals surface area contributed by atoms with Gasteiger partial charge in [-0.25, -0.2) is 0 Å². The van der Waals surface area contributed by atoms with Crippen molar-refractivity contribution < 1.29 is 39.3 Å². The molecule has 4 unspecified atom stereocenters. The zero-order valence-corrected chi connectivity index (χ0v) is 15.4. The summed E-state index contributed by atoms with van der Waals surface area (Å²) < 4.78 is 0. The number of rotatable bonds is 12. The number of aliphatic hydroxyl groups excluding tert-OH is 1. The van der Waals surface area contributed by atoms with Crippen LogP contribution in [0, 0.1) is 0 Å². The quantitative estimate of drug-likeness (QED) is 0.152. The maximum Gasteiger partial charge on any atom is 0.325 e. The summed E-state index contributed by atoms with van der Waals surface area (Å²) >= 11 is 3.92. The zero-order valence-electron chi connectivity index (χ0n) is 14.5.